The minimum Gasteiger partial charge on any atom is -0.353 e. The summed E-state index contributed by atoms with van der Waals surface area (Å²) in [7, 11) is 0. The van der Waals surface area contributed by atoms with Crippen molar-refractivity contribution in [1.29, 1.82) is 5.26 Å². The number of hydrogen-bond acceptors (Lipinski definition) is 7. The fraction of sp³-hybridized carbons (Fsp3) is 0.211. The summed E-state index contributed by atoms with van der Waals surface area (Å²) in [5.41, 5.74) is 2.48. The van der Waals surface area contributed by atoms with Crippen LogP contribution in [0.15, 0.2) is 55.0 Å². The molecule has 0 N–H and O–H groups in total. The van der Waals surface area contributed by atoms with Gasteiger partial charge in [-0.2, -0.15) is 5.26 Å². The lowest BCUT2D eigenvalue weighted by Gasteiger charge is -2.35. The van der Waals surface area contributed by atoms with Crippen LogP contribution in [-0.2, 0) is 0 Å². The van der Waals surface area contributed by atoms with Crippen LogP contribution >= 0.6 is 0 Å². The molecule has 1 aliphatic heterocycles. The average molecular weight is 343 g/mol. The summed E-state index contributed by atoms with van der Waals surface area (Å²) in [6, 6.07) is 13.6. The molecule has 1 aliphatic rings. The van der Waals surface area contributed by atoms with E-state index < -0.39 is 0 Å². The van der Waals surface area contributed by atoms with Gasteiger partial charge < -0.3 is 9.80 Å². The Hall–Kier alpha value is -3.53. The summed E-state index contributed by atoms with van der Waals surface area (Å²) in [5, 5.41) is 17.8. The molecule has 128 valence electrons. The highest BCUT2D eigenvalue weighted by Crippen LogP contribution is 2.20. The molecule has 4 rings (SSSR count). The second-order valence-electron chi connectivity index (χ2n) is 6.00. The molecule has 7 heteroatoms. The number of piperazine rings is 1. The van der Waals surface area contributed by atoms with Gasteiger partial charge >= 0.3 is 0 Å². The molecule has 1 fully saturated rings. The first-order valence-electron chi connectivity index (χ1n) is 8.44. The van der Waals surface area contributed by atoms with Gasteiger partial charge in [0.15, 0.2) is 5.82 Å². The minimum atomic E-state index is 0.634. The molecule has 4 heterocycles. The Labute approximate surface area is 151 Å². The van der Waals surface area contributed by atoms with Gasteiger partial charge in [0.25, 0.3) is 0 Å². The van der Waals surface area contributed by atoms with E-state index in [0.29, 0.717) is 5.56 Å². The van der Waals surface area contributed by atoms with E-state index in [1.165, 1.54) is 0 Å². The second kappa shape index (κ2) is 7.15. The summed E-state index contributed by atoms with van der Waals surface area (Å²) in [4.78, 5) is 12.8. The molecule has 1 saturated heterocycles. The number of anilines is 2. The van der Waals surface area contributed by atoms with Crippen molar-refractivity contribution in [3.05, 3.63) is 60.6 Å². The van der Waals surface area contributed by atoms with Crippen LogP contribution in [0.4, 0.5) is 11.6 Å². The Balaban J connectivity index is 1.42. The molecule has 0 aromatic carbocycles. The molecule has 0 unspecified atom stereocenters. The molecule has 0 atom stereocenters. The number of nitriles is 1. The van der Waals surface area contributed by atoms with E-state index in [1.54, 1.807) is 24.7 Å². The SMILES string of the molecule is N#Cc1ccnc(N2CCN(c3ccc(-c4ccncc4)nn3)CC2)c1. The third-order valence-electron chi connectivity index (χ3n) is 4.43. The molecule has 0 bridgehead atoms. The van der Waals surface area contributed by atoms with Gasteiger partial charge in [0.2, 0.25) is 0 Å². The highest BCUT2D eigenvalue weighted by molar-refractivity contribution is 5.59. The maximum Gasteiger partial charge on any atom is 0.151 e. The summed E-state index contributed by atoms with van der Waals surface area (Å²) < 4.78 is 0. The van der Waals surface area contributed by atoms with Crippen LogP contribution in [0, 0.1) is 11.3 Å². The lowest BCUT2D eigenvalue weighted by atomic mass is 10.2. The van der Waals surface area contributed by atoms with Crippen LogP contribution < -0.4 is 9.80 Å². The molecular weight excluding hydrogens is 326 g/mol. The monoisotopic (exact) mass is 343 g/mol. The number of nitrogens with zero attached hydrogens (tertiary/aromatic N) is 7. The number of pyridine rings is 2. The Morgan fingerprint density at radius 2 is 1.54 bits per heavy atom. The van der Waals surface area contributed by atoms with Gasteiger partial charge in [-0.15, -0.1) is 10.2 Å². The molecule has 0 amide bonds. The van der Waals surface area contributed by atoms with E-state index in [9.17, 15) is 0 Å². The topological polar surface area (TPSA) is 81.8 Å². The quantitative estimate of drug-likeness (QED) is 0.720. The predicted octanol–water partition coefficient (Wildman–Crippen LogP) is 2.13. The van der Waals surface area contributed by atoms with Gasteiger partial charge in [0, 0.05) is 50.3 Å². The highest BCUT2D eigenvalue weighted by Gasteiger charge is 2.19. The van der Waals surface area contributed by atoms with Gasteiger partial charge in [0.05, 0.1) is 17.3 Å². The fourth-order valence-corrected chi connectivity index (χ4v) is 3.00. The van der Waals surface area contributed by atoms with Crippen LogP contribution in [0.1, 0.15) is 5.56 Å². The Kier molecular flexibility index (Phi) is 4.39. The summed E-state index contributed by atoms with van der Waals surface area (Å²) in [5.74, 6) is 1.73. The molecule has 0 aliphatic carbocycles. The predicted molar refractivity (Wildman–Crippen MR) is 98.6 cm³/mol. The number of rotatable bonds is 3. The second-order valence-corrected chi connectivity index (χ2v) is 6.00. The third-order valence-corrected chi connectivity index (χ3v) is 4.43. The van der Waals surface area contributed by atoms with Crippen LogP contribution in [-0.4, -0.2) is 46.3 Å². The van der Waals surface area contributed by atoms with Gasteiger partial charge in [0.1, 0.15) is 5.82 Å². The molecule has 3 aromatic rings. The van der Waals surface area contributed by atoms with Crippen LogP contribution in [0.3, 0.4) is 0 Å². The van der Waals surface area contributed by atoms with Gasteiger partial charge in [-0.3, -0.25) is 4.98 Å². The number of hydrogen-bond donors (Lipinski definition) is 0. The van der Waals surface area contributed by atoms with Crippen molar-refractivity contribution in [1.82, 2.24) is 20.2 Å². The van der Waals surface area contributed by atoms with Crippen LogP contribution in [0.5, 0.6) is 0 Å². The Morgan fingerprint density at radius 3 is 2.19 bits per heavy atom. The Morgan fingerprint density at radius 1 is 0.808 bits per heavy atom. The first kappa shape index (κ1) is 16.0. The Bertz CT molecular complexity index is 911. The van der Waals surface area contributed by atoms with Crippen molar-refractivity contribution < 1.29 is 0 Å². The van der Waals surface area contributed by atoms with Crippen molar-refractivity contribution in [2.24, 2.45) is 0 Å². The summed E-state index contributed by atoms with van der Waals surface area (Å²) >= 11 is 0. The number of aromatic nitrogens is 4. The van der Waals surface area contributed by atoms with E-state index in [4.69, 9.17) is 5.26 Å². The van der Waals surface area contributed by atoms with E-state index in [-0.39, 0.29) is 0 Å². The van der Waals surface area contributed by atoms with Crippen LogP contribution in [0.25, 0.3) is 11.3 Å². The van der Waals surface area contributed by atoms with E-state index in [2.05, 4.69) is 36.0 Å². The minimum absolute atomic E-state index is 0.634. The average Bonchev–Trinajstić information content (AvgIpc) is 2.75. The zero-order valence-corrected chi connectivity index (χ0v) is 14.2. The lowest BCUT2D eigenvalue weighted by Crippen LogP contribution is -2.47. The molecular formula is C19H17N7. The van der Waals surface area contributed by atoms with Crippen molar-refractivity contribution >= 4 is 11.6 Å². The van der Waals surface area contributed by atoms with Crippen molar-refractivity contribution in [3.63, 3.8) is 0 Å². The highest BCUT2D eigenvalue weighted by atomic mass is 15.3. The van der Waals surface area contributed by atoms with Gasteiger partial charge in [-0.05, 0) is 36.4 Å². The molecule has 7 nitrogen and oxygen atoms in total. The molecule has 3 aromatic heterocycles. The first-order valence-corrected chi connectivity index (χ1v) is 8.44. The third kappa shape index (κ3) is 3.30. The van der Waals surface area contributed by atoms with Gasteiger partial charge in [-0.25, -0.2) is 4.98 Å². The van der Waals surface area contributed by atoms with E-state index >= 15 is 0 Å². The maximum absolute atomic E-state index is 9.03. The van der Waals surface area contributed by atoms with Crippen LogP contribution in [0.2, 0.25) is 0 Å². The van der Waals surface area contributed by atoms with Crippen molar-refractivity contribution in [2.45, 2.75) is 0 Å². The van der Waals surface area contributed by atoms with E-state index in [1.807, 2.05) is 30.3 Å². The largest absolute Gasteiger partial charge is 0.353 e. The molecule has 0 spiro atoms. The lowest BCUT2D eigenvalue weighted by molar-refractivity contribution is 0.638. The fourth-order valence-electron chi connectivity index (χ4n) is 3.00. The zero-order chi connectivity index (χ0) is 17.8. The first-order chi connectivity index (χ1) is 12.8. The standard InChI is InChI=1S/C19H17N7/c20-14-15-3-8-22-19(13-15)26-11-9-25(10-12-26)18-2-1-17(23-24-18)16-4-6-21-7-5-16/h1-8,13H,9-12H2. The zero-order valence-electron chi connectivity index (χ0n) is 14.2. The van der Waals surface area contributed by atoms with Gasteiger partial charge in [-0.1, -0.05) is 0 Å². The van der Waals surface area contributed by atoms with Crippen molar-refractivity contribution in [2.75, 3.05) is 36.0 Å². The molecule has 26 heavy (non-hydrogen) atoms. The smallest absolute Gasteiger partial charge is 0.151 e. The summed E-state index contributed by atoms with van der Waals surface area (Å²) in [6.07, 6.45) is 5.18. The molecule has 0 radical (unpaired) electrons. The van der Waals surface area contributed by atoms with E-state index in [0.717, 1.165) is 49.1 Å². The normalized spacial score (nSPS) is 14.1. The summed E-state index contributed by atoms with van der Waals surface area (Å²) in [6.45, 7) is 3.33. The maximum atomic E-state index is 9.03. The van der Waals surface area contributed by atoms with Crippen molar-refractivity contribution in [3.8, 4) is 17.3 Å². The molecule has 0 saturated carbocycles.